The normalized spacial score (nSPS) is 35.5. The molecule has 98 valence electrons. The molecule has 0 radical (unpaired) electrons. The largest absolute Gasteiger partial charge is 0.469 e. The average molecular weight is 239 g/mol. The van der Waals surface area contributed by atoms with Crippen molar-refractivity contribution in [3.8, 4) is 0 Å². The minimum Gasteiger partial charge on any atom is -0.469 e. The second kappa shape index (κ2) is 4.60. The fraction of sp³-hybridized carbons (Fsp3) is 0.929. The lowest BCUT2D eigenvalue weighted by molar-refractivity contribution is -0.152. The topological polar surface area (TPSA) is 38.3 Å². The van der Waals surface area contributed by atoms with E-state index in [1.54, 1.807) is 0 Å². The van der Waals surface area contributed by atoms with Gasteiger partial charge in [0.25, 0.3) is 0 Å². The van der Waals surface area contributed by atoms with E-state index < -0.39 is 0 Å². The fourth-order valence-electron chi connectivity index (χ4n) is 3.69. The van der Waals surface area contributed by atoms with Crippen molar-refractivity contribution in [1.29, 1.82) is 0 Å². The van der Waals surface area contributed by atoms with Crippen LogP contribution in [0.25, 0.3) is 0 Å². The maximum Gasteiger partial charge on any atom is 0.311 e. The van der Waals surface area contributed by atoms with Crippen molar-refractivity contribution in [2.45, 2.75) is 46.0 Å². The van der Waals surface area contributed by atoms with Gasteiger partial charge >= 0.3 is 5.97 Å². The summed E-state index contributed by atoms with van der Waals surface area (Å²) < 4.78 is 4.98. The van der Waals surface area contributed by atoms with Gasteiger partial charge in [0.2, 0.25) is 0 Å². The Balaban J connectivity index is 1.91. The van der Waals surface area contributed by atoms with Crippen molar-refractivity contribution in [3.05, 3.63) is 0 Å². The summed E-state index contributed by atoms with van der Waals surface area (Å²) in [5.74, 6) is 0.723. The third-order valence-electron chi connectivity index (χ3n) is 4.65. The van der Waals surface area contributed by atoms with E-state index in [1.807, 2.05) is 0 Å². The zero-order valence-corrected chi connectivity index (χ0v) is 11.3. The second-order valence-corrected chi connectivity index (χ2v) is 6.47. The summed E-state index contributed by atoms with van der Waals surface area (Å²) in [5.41, 5.74) is 0.247. The van der Waals surface area contributed by atoms with Crippen LogP contribution in [0.5, 0.6) is 0 Å². The van der Waals surface area contributed by atoms with E-state index in [4.69, 9.17) is 4.74 Å². The van der Waals surface area contributed by atoms with E-state index in [-0.39, 0.29) is 11.4 Å². The van der Waals surface area contributed by atoms with E-state index in [9.17, 15) is 4.79 Å². The van der Waals surface area contributed by atoms with Gasteiger partial charge in [-0.1, -0.05) is 13.8 Å². The minimum absolute atomic E-state index is 0.0285. The molecule has 0 aromatic carbocycles. The number of rotatable bonds is 5. The summed E-state index contributed by atoms with van der Waals surface area (Å²) in [6.45, 7) is 6.61. The van der Waals surface area contributed by atoms with Crippen LogP contribution in [-0.4, -0.2) is 26.2 Å². The molecule has 3 nitrogen and oxygen atoms in total. The Kier molecular flexibility index (Phi) is 3.48. The molecule has 0 aromatic heterocycles. The van der Waals surface area contributed by atoms with Crippen LogP contribution < -0.4 is 5.32 Å². The highest BCUT2D eigenvalue weighted by atomic mass is 16.5. The van der Waals surface area contributed by atoms with E-state index in [2.05, 4.69) is 19.2 Å². The van der Waals surface area contributed by atoms with Crippen molar-refractivity contribution >= 4 is 5.97 Å². The molecule has 0 unspecified atom stereocenters. The summed E-state index contributed by atoms with van der Waals surface area (Å²) >= 11 is 0. The average Bonchev–Trinajstić information content (AvgIpc) is 2.84. The smallest absolute Gasteiger partial charge is 0.311 e. The molecule has 0 spiro atoms. The molecule has 2 rings (SSSR count). The van der Waals surface area contributed by atoms with E-state index >= 15 is 0 Å². The highest BCUT2D eigenvalue weighted by Crippen LogP contribution is 2.61. The summed E-state index contributed by atoms with van der Waals surface area (Å²) in [5, 5.41) is 3.57. The SMILES string of the molecule is COC(=O)C12CCC(CNCC(C)C)(CC1)C2. The summed E-state index contributed by atoms with van der Waals surface area (Å²) in [4.78, 5) is 11.9. The maximum absolute atomic E-state index is 11.9. The lowest BCUT2D eigenvalue weighted by Gasteiger charge is -2.27. The highest BCUT2D eigenvalue weighted by molar-refractivity contribution is 5.78. The predicted octanol–water partition coefficient (Wildman–Crippen LogP) is 2.36. The molecule has 0 aromatic rings. The molecule has 2 saturated carbocycles. The lowest BCUT2D eigenvalue weighted by Crippen LogP contribution is -2.32. The Morgan fingerprint density at radius 2 is 1.94 bits per heavy atom. The first-order valence-electron chi connectivity index (χ1n) is 6.81. The number of fused-ring (bicyclic) bond motifs is 2. The number of nitrogens with one attached hydrogen (secondary N) is 1. The van der Waals surface area contributed by atoms with Crippen molar-refractivity contribution in [1.82, 2.24) is 5.32 Å². The van der Waals surface area contributed by atoms with Gasteiger partial charge in [0.1, 0.15) is 0 Å². The highest BCUT2D eigenvalue weighted by Gasteiger charge is 2.58. The third-order valence-corrected chi connectivity index (χ3v) is 4.65. The van der Waals surface area contributed by atoms with Gasteiger partial charge in [0.15, 0.2) is 0 Å². The van der Waals surface area contributed by atoms with Crippen molar-refractivity contribution in [3.63, 3.8) is 0 Å². The Bertz CT molecular complexity index is 291. The molecular weight excluding hydrogens is 214 g/mol. The molecule has 0 saturated heterocycles. The number of carbonyl (C=O) groups is 1. The van der Waals surface area contributed by atoms with Gasteiger partial charge in [0.05, 0.1) is 12.5 Å². The number of hydrogen-bond donors (Lipinski definition) is 1. The molecule has 1 N–H and O–H groups in total. The van der Waals surface area contributed by atoms with Gasteiger partial charge < -0.3 is 10.1 Å². The Hall–Kier alpha value is -0.570. The van der Waals surface area contributed by atoms with Crippen LogP contribution in [0.4, 0.5) is 0 Å². The molecular formula is C14H25NO2. The second-order valence-electron chi connectivity index (χ2n) is 6.47. The number of carbonyl (C=O) groups excluding carboxylic acids is 1. The van der Waals surface area contributed by atoms with E-state index in [1.165, 1.54) is 20.0 Å². The van der Waals surface area contributed by atoms with Gasteiger partial charge in [-0.2, -0.15) is 0 Å². The van der Waals surface area contributed by atoms with Crippen LogP contribution in [0.3, 0.4) is 0 Å². The first-order valence-corrected chi connectivity index (χ1v) is 6.81. The molecule has 2 aliphatic carbocycles. The van der Waals surface area contributed by atoms with Crippen LogP contribution in [0.2, 0.25) is 0 Å². The van der Waals surface area contributed by atoms with Crippen LogP contribution >= 0.6 is 0 Å². The number of methoxy groups -OCH3 is 1. The molecule has 0 heterocycles. The van der Waals surface area contributed by atoms with Gasteiger partial charge in [-0.3, -0.25) is 4.79 Å². The minimum atomic E-state index is -0.131. The predicted molar refractivity (Wildman–Crippen MR) is 67.7 cm³/mol. The summed E-state index contributed by atoms with van der Waals surface area (Å²) in [7, 11) is 1.52. The first-order chi connectivity index (χ1) is 8.02. The first kappa shape index (κ1) is 12.9. The van der Waals surface area contributed by atoms with Crippen LogP contribution in [0.15, 0.2) is 0 Å². The maximum atomic E-state index is 11.9. The summed E-state index contributed by atoms with van der Waals surface area (Å²) in [6.07, 6.45) is 5.48. The zero-order valence-electron chi connectivity index (χ0n) is 11.3. The third kappa shape index (κ3) is 2.35. The molecule has 0 atom stereocenters. The van der Waals surface area contributed by atoms with Gasteiger partial charge in [0, 0.05) is 6.54 Å². The van der Waals surface area contributed by atoms with E-state index in [0.29, 0.717) is 11.3 Å². The van der Waals surface area contributed by atoms with Crippen LogP contribution in [0, 0.1) is 16.7 Å². The van der Waals surface area contributed by atoms with E-state index in [0.717, 1.165) is 32.4 Å². The van der Waals surface area contributed by atoms with Gasteiger partial charge in [-0.05, 0) is 50.0 Å². The molecule has 2 bridgehead atoms. The van der Waals surface area contributed by atoms with Gasteiger partial charge in [-0.15, -0.1) is 0 Å². The number of hydrogen-bond acceptors (Lipinski definition) is 3. The quantitative estimate of drug-likeness (QED) is 0.748. The molecule has 2 fully saturated rings. The number of esters is 1. The van der Waals surface area contributed by atoms with Crippen LogP contribution in [-0.2, 0) is 9.53 Å². The molecule has 0 amide bonds. The molecule has 2 aliphatic rings. The Labute approximate surface area is 104 Å². The summed E-state index contributed by atoms with van der Waals surface area (Å²) in [6, 6.07) is 0. The Morgan fingerprint density at radius 1 is 1.29 bits per heavy atom. The number of ether oxygens (including phenoxy) is 1. The zero-order chi connectivity index (χ0) is 12.5. The monoisotopic (exact) mass is 239 g/mol. The molecule has 17 heavy (non-hydrogen) atoms. The molecule has 3 heteroatoms. The van der Waals surface area contributed by atoms with Crippen molar-refractivity contribution in [2.24, 2.45) is 16.7 Å². The van der Waals surface area contributed by atoms with Crippen molar-refractivity contribution in [2.75, 3.05) is 20.2 Å². The fourth-order valence-corrected chi connectivity index (χ4v) is 3.69. The van der Waals surface area contributed by atoms with Crippen molar-refractivity contribution < 1.29 is 9.53 Å². The van der Waals surface area contributed by atoms with Gasteiger partial charge in [-0.25, -0.2) is 0 Å². The van der Waals surface area contributed by atoms with Crippen LogP contribution in [0.1, 0.15) is 46.0 Å². The Morgan fingerprint density at radius 3 is 2.47 bits per heavy atom. The standard InChI is InChI=1S/C14H25NO2/c1-11(2)8-15-10-13-4-6-14(9-13,7-5-13)12(16)17-3/h11,15H,4-10H2,1-3H3. The lowest BCUT2D eigenvalue weighted by atomic mass is 9.82. The molecule has 0 aliphatic heterocycles.